The van der Waals surface area contributed by atoms with Gasteiger partial charge in [-0.1, -0.05) is 6.08 Å². The molecule has 0 saturated heterocycles. The first-order chi connectivity index (χ1) is 8.81. The van der Waals surface area contributed by atoms with Crippen LogP contribution in [-0.4, -0.2) is 14.8 Å². The van der Waals surface area contributed by atoms with Crippen molar-refractivity contribution in [2.75, 3.05) is 0 Å². The van der Waals surface area contributed by atoms with Gasteiger partial charge in [-0.25, -0.2) is 0 Å². The predicted molar refractivity (Wildman–Crippen MR) is 77.6 cm³/mol. The van der Waals surface area contributed by atoms with Crippen LogP contribution in [0.2, 0.25) is 0 Å². The SMILES string of the molecule is C=CCn1c(-c2csc3c2CCCC3)n[nH]c1=S. The summed E-state index contributed by atoms with van der Waals surface area (Å²) < 4.78 is 2.68. The van der Waals surface area contributed by atoms with Crippen molar-refractivity contribution in [3.8, 4) is 11.4 Å². The highest BCUT2D eigenvalue weighted by Gasteiger charge is 2.19. The largest absolute Gasteiger partial charge is 0.296 e. The third-order valence-electron chi connectivity index (χ3n) is 3.37. The van der Waals surface area contributed by atoms with Gasteiger partial charge in [0, 0.05) is 22.4 Å². The monoisotopic (exact) mass is 277 g/mol. The number of H-pyrrole nitrogens is 1. The molecule has 0 unspecified atom stereocenters. The van der Waals surface area contributed by atoms with Crippen molar-refractivity contribution in [3.63, 3.8) is 0 Å². The van der Waals surface area contributed by atoms with Gasteiger partial charge < -0.3 is 0 Å². The third-order valence-corrected chi connectivity index (χ3v) is 4.77. The van der Waals surface area contributed by atoms with E-state index in [1.807, 2.05) is 22.0 Å². The molecule has 2 heterocycles. The number of hydrogen-bond donors (Lipinski definition) is 1. The van der Waals surface area contributed by atoms with E-state index in [9.17, 15) is 0 Å². The van der Waals surface area contributed by atoms with E-state index in [-0.39, 0.29) is 0 Å². The van der Waals surface area contributed by atoms with Crippen LogP contribution in [0.15, 0.2) is 18.0 Å². The number of nitrogens with one attached hydrogen (secondary N) is 1. The van der Waals surface area contributed by atoms with Gasteiger partial charge in [0.15, 0.2) is 10.6 Å². The lowest BCUT2D eigenvalue weighted by molar-refractivity contribution is 0.696. The Labute approximate surface area is 115 Å². The first-order valence-corrected chi connectivity index (χ1v) is 7.45. The quantitative estimate of drug-likeness (QED) is 0.685. The molecule has 1 aliphatic rings. The van der Waals surface area contributed by atoms with Crippen LogP contribution in [-0.2, 0) is 19.4 Å². The smallest absolute Gasteiger partial charge is 0.195 e. The first kappa shape index (κ1) is 11.9. The van der Waals surface area contributed by atoms with Crippen LogP contribution in [0.1, 0.15) is 23.3 Å². The Hall–Kier alpha value is -1.20. The molecule has 18 heavy (non-hydrogen) atoms. The van der Waals surface area contributed by atoms with Crippen LogP contribution in [0, 0.1) is 4.77 Å². The van der Waals surface area contributed by atoms with Crippen molar-refractivity contribution in [1.82, 2.24) is 14.8 Å². The number of aryl methyl sites for hydroxylation is 1. The van der Waals surface area contributed by atoms with Gasteiger partial charge >= 0.3 is 0 Å². The van der Waals surface area contributed by atoms with Gasteiger partial charge in [-0.2, -0.15) is 5.10 Å². The van der Waals surface area contributed by atoms with Crippen LogP contribution in [0.3, 0.4) is 0 Å². The molecule has 0 aromatic carbocycles. The Bertz CT molecular complexity index is 633. The van der Waals surface area contributed by atoms with Gasteiger partial charge in [-0.05, 0) is 43.5 Å². The maximum absolute atomic E-state index is 5.27. The highest BCUT2D eigenvalue weighted by molar-refractivity contribution is 7.71. The van der Waals surface area contributed by atoms with Crippen LogP contribution in [0.4, 0.5) is 0 Å². The van der Waals surface area contributed by atoms with E-state index in [0.717, 1.165) is 5.82 Å². The van der Waals surface area contributed by atoms with E-state index >= 15 is 0 Å². The molecule has 1 aliphatic carbocycles. The number of aromatic amines is 1. The number of hydrogen-bond acceptors (Lipinski definition) is 3. The summed E-state index contributed by atoms with van der Waals surface area (Å²) >= 11 is 7.12. The first-order valence-electron chi connectivity index (χ1n) is 6.17. The van der Waals surface area contributed by atoms with Gasteiger partial charge in [-0.15, -0.1) is 17.9 Å². The fourth-order valence-electron chi connectivity index (χ4n) is 2.50. The molecule has 2 aromatic heterocycles. The summed E-state index contributed by atoms with van der Waals surface area (Å²) in [5.41, 5.74) is 2.73. The van der Waals surface area contributed by atoms with Crippen LogP contribution < -0.4 is 0 Å². The molecule has 0 aliphatic heterocycles. The minimum atomic E-state index is 0.667. The molecule has 0 amide bonds. The summed E-state index contributed by atoms with van der Waals surface area (Å²) in [6.07, 6.45) is 6.83. The molecule has 0 atom stereocenters. The molecule has 0 saturated carbocycles. The van der Waals surface area contributed by atoms with Crippen LogP contribution in [0.25, 0.3) is 11.4 Å². The average molecular weight is 277 g/mol. The van der Waals surface area contributed by atoms with Crippen molar-refractivity contribution in [2.45, 2.75) is 32.2 Å². The highest BCUT2D eigenvalue weighted by atomic mass is 32.1. The van der Waals surface area contributed by atoms with Crippen molar-refractivity contribution >= 4 is 23.6 Å². The van der Waals surface area contributed by atoms with Gasteiger partial charge in [-0.3, -0.25) is 9.67 Å². The van der Waals surface area contributed by atoms with Crippen LogP contribution in [0.5, 0.6) is 0 Å². The fourth-order valence-corrected chi connectivity index (χ4v) is 3.83. The molecule has 0 fully saturated rings. The lowest BCUT2D eigenvalue weighted by Gasteiger charge is -2.12. The van der Waals surface area contributed by atoms with Gasteiger partial charge in [0.25, 0.3) is 0 Å². The molecule has 1 N–H and O–H groups in total. The lowest BCUT2D eigenvalue weighted by Crippen LogP contribution is -2.03. The second kappa shape index (κ2) is 4.82. The lowest BCUT2D eigenvalue weighted by atomic mass is 9.95. The third kappa shape index (κ3) is 1.87. The number of aromatic nitrogens is 3. The molecular formula is C13H15N3S2. The summed E-state index contributed by atoms with van der Waals surface area (Å²) in [5.74, 6) is 0.958. The van der Waals surface area contributed by atoms with E-state index < -0.39 is 0 Å². The van der Waals surface area contributed by atoms with Crippen molar-refractivity contribution < 1.29 is 0 Å². The molecule has 5 heteroatoms. The van der Waals surface area contributed by atoms with E-state index in [2.05, 4.69) is 22.2 Å². The van der Waals surface area contributed by atoms with E-state index in [4.69, 9.17) is 12.2 Å². The van der Waals surface area contributed by atoms with Gasteiger partial charge in [0.2, 0.25) is 0 Å². The molecular weight excluding hydrogens is 262 g/mol. The molecule has 0 spiro atoms. The Morgan fingerprint density at radius 1 is 1.50 bits per heavy atom. The zero-order valence-electron chi connectivity index (χ0n) is 10.1. The number of allylic oxidation sites excluding steroid dienone is 1. The number of fused-ring (bicyclic) bond motifs is 1. The average Bonchev–Trinajstić information content (AvgIpc) is 2.95. The molecule has 0 bridgehead atoms. The molecule has 3 nitrogen and oxygen atoms in total. The van der Waals surface area contributed by atoms with Gasteiger partial charge in [0.05, 0.1) is 0 Å². The summed E-state index contributed by atoms with van der Waals surface area (Å²) in [5, 5.41) is 9.50. The molecule has 3 rings (SSSR count). The highest BCUT2D eigenvalue weighted by Crippen LogP contribution is 2.35. The number of thiophene rings is 1. The van der Waals surface area contributed by atoms with Crippen molar-refractivity contribution in [2.24, 2.45) is 0 Å². The second-order valence-electron chi connectivity index (χ2n) is 4.51. The second-order valence-corrected chi connectivity index (χ2v) is 5.86. The van der Waals surface area contributed by atoms with Gasteiger partial charge in [0.1, 0.15) is 0 Å². The summed E-state index contributed by atoms with van der Waals surface area (Å²) in [6, 6.07) is 0. The standard InChI is InChI=1S/C13H15N3S2/c1-2-7-16-12(14-15-13(16)17)10-8-18-11-6-4-3-5-9(10)11/h2,8H,1,3-7H2,(H,15,17). The predicted octanol–water partition coefficient (Wildman–Crippen LogP) is 3.73. The molecule has 2 aromatic rings. The maximum Gasteiger partial charge on any atom is 0.195 e. The number of nitrogens with zero attached hydrogens (tertiary/aromatic N) is 2. The Morgan fingerprint density at radius 3 is 3.17 bits per heavy atom. The van der Waals surface area contributed by atoms with E-state index in [1.165, 1.54) is 41.7 Å². The fraction of sp³-hybridized carbons (Fsp3) is 0.385. The van der Waals surface area contributed by atoms with Crippen LogP contribution >= 0.6 is 23.6 Å². The Morgan fingerprint density at radius 2 is 2.33 bits per heavy atom. The summed E-state index contributed by atoms with van der Waals surface area (Å²) in [4.78, 5) is 1.52. The van der Waals surface area contributed by atoms with Crippen molar-refractivity contribution in [3.05, 3.63) is 33.2 Å². The zero-order valence-corrected chi connectivity index (χ0v) is 11.7. The molecule has 0 radical (unpaired) electrons. The minimum absolute atomic E-state index is 0.667. The molecule has 94 valence electrons. The normalized spacial score (nSPS) is 14.4. The minimum Gasteiger partial charge on any atom is -0.296 e. The number of rotatable bonds is 3. The maximum atomic E-state index is 5.27. The zero-order chi connectivity index (χ0) is 12.5. The Balaban J connectivity index is 2.12. The topological polar surface area (TPSA) is 33.6 Å². The van der Waals surface area contributed by atoms with E-state index in [1.54, 1.807) is 0 Å². The summed E-state index contributed by atoms with van der Waals surface area (Å²) in [7, 11) is 0. The van der Waals surface area contributed by atoms with Crippen molar-refractivity contribution in [1.29, 1.82) is 0 Å². The van der Waals surface area contributed by atoms with E-state index in [0.29, 0.717) is 11.3 Å². The summed E-state index contributed by atoms with van der Waals surface area (Å²) in [6.45, 7) is 4.48. The Kier molecular flexibility index (Phi) is 3.18.